The second-order valence-electron chi connectivity index (χ2n) is 5.93. The van der Waals surface area contributed by atoms with Gasteiger partial charge in [0.1, 0.15) is 11.6 Å². The minimum absolute atomic E-state index is 0.00750. The Balaban J connectivity index is 2.29. The summed E-state index contributed by atoms with van der Waals surface area (Å²) in [5, 5.41) is 7.03. The molecule has 21 heavy (non-hydrogen) atoms. The van der Waals surface area contributed by atoms with Crippen molar-refractivity contribution in [2.75, 3.05) is 0 Å². The van der Waals surface area contributed by atoms with E-state index in [1.807, 2.05) is 27.1 Å². The van der Waals surface area contributed by atoms with Crippen LogP contribution in [-0.2, 0) is 23.2 Å². The largest absolute Gasteiger partial charge is 0.340 e. The van der Waals surface area contributed by atoms with Crippen LogP contribution in [0.2, 0.25) is 0 Å². The van der Waals surface area contributed by atoms with Crippen LogP contribution >= 0.6 is 0 Å². The fourth-order valence-electron chi connectivity index (χ4n) is 2.74. The molecule has 2 unspecified atom stereocenters. The molecule has 1 aromatic heterocycles. The van der Waals surface area contributed by atoms with Crippen LogP contribution in [0.3, 0.4) is 0 Å². The summed E-state index contributed by atoms with van der Waals surface area (Å²) in [5.74, 6) is -0.0587. The van der Waals surface area contributed by atoms with E-state index < -0.39 is 5.54 Å². The molecule has 0 aromatic carbocycles. The molecule has 2 rings (SSSR count). The minimum atomic E-state index is -0.802. The first-order chi connectivity index (χ1) is 9.91. The molecule has 1 aliphatic heterocycles. The van der Waals surface area contributed by atoms with Gasteiger partial charge in [0.25, 0.3) is 0 Å². The highest BCUT2D eigenvalue weighted by molar-refractivity contribution is 5.99. The summed E-state index contributed by atoms with van der Waals surface area (Å²) in [4.78, 5) is 26.9. The van der Waals surface area contributed by atoms with E-state index in [9.17, 15) is 9.59 Å². The lowest BCUT2D eigenvalue weighted by Crippen LogP contribution is -2.68. The van der Waals surface area contributed by atoms with Crippen molar-refractivity contribution in [1.82, 2.24) is 20.0 Å². The fraction of sp³-hybridized carbons (Fsp3) is 0.667. The monoisotopic (exact) mass is 292 g/mol. The van der Waals surface area contributed by atoms with Crippen LogP contribution in [0.25, 0.3) is 0 Å². The zero-order chi connectivity index (χ0) is 15.6. The second kappa shape index (κ2) is 5.87. The van der Waals surface area contributed by atoms with E-state index in [-0.39, 0.29) is 17.9 Å². The third-order valence-corrected chi connectivity index (χ3v) is 4.19. The maximum absolute atomic E-state index is 12.8. The van der Waals surface area contributed by atoms with E-state index in [4.69, 9.17) is 0 Å². The molecule has 2 heterocycles. The number of nitrogens with one attached hydrogen (secondary N) is 1. The van der Waals surface area contributed by atoms with Crippen molar-refractivity contribution < 1.29 is 9.59 Å². The van der Waals surface area contributed by atoms with Crippen molar-refractivity contribution >= 4 is 11.8 Å². The van der Waals surface area contributed by atoms with Gasteiger partial charge in [-0.05, 0) is 19.8 Å². The molecule has 1 N–H and O–H groups in total. The number of carbonyl (C=O) groups is 2. The van der Waals surface area contributed by atoms with Gasteiger partial charge in [0.15, 0.2) is 0 Å². The van der Waals surface area contributed by atoms with Crippen molar-refractivity contribution in [2.45, 2.75) is 58.2 Å². The zero-order valence-electron chi connectivity index (χ0n) is 13.2. The lowest BCUT2D eigenvalue weighted by atomic mass is 9.90. The molecule has 2 atom stereocenters. The van der Waals surface area contributed by atoms with E-state index in [0.717, 1.165) is 12.0 Å². The lowest BCUT2D eigenvalue weighted by Gasteiger charge is -2.44. The molecule has 2 amide bonds. The Morgan fingerprint density at radius 3 is 2.62 bits per heavy atom. The Morgan fingerprint density at radius 1 is 1.38 bits per heavy atom. The van der Waals surface area contributed by atoms with Gasteiger partial charge in [-0.1, -0.05) is 20.3 Å². The summed E-state index contributed by atoms with van der Waals surface area (Å²) in [5.41, 5.74) is 0.142. The standard InChI is InChI=1S/C15H24N4O2/c1-5-7-12-13(20)17-15(3,6-2)14(21)19(12)10-11-8-16-18(4)9-11/h8-9,12H,5-7,10H2,1-4H3,(H,17,20). The van der Waals surface area contributed by atoms with Crippen LogP contribution in [0, 0.1) is 0 Å². The summed E-state index contributed by atoms with van der Waals surface area (Å²) < 4.78 is 1.71. The highest BCUT2D eigenvalue weighted by Crippen LogP contribution is 2.25. The molecule has 1 saturated heterocycles. The third kappa shape index (κ3) is 2.94. The van der Waals surface area contributed by atoms with Gasteiger partial charge in [-0.25, -0.2) is 0 Å². The van der Waals surface area contributed by atoms with Gasteiger partial charge in [0.05, 0.1) is 6.20 Å². The number of nitrogens with zero attached hydrogens (tertiary/aromatic N) is 3. The van der Waals surface area contributed by atoms with E-state index >= 15 is 0 Å². The first kappa shape index (κ1) is 15.5. The maximum atomic E-state index is 12.8. The Hall–Kier alpha value is -1.85. The van der Waals surface area contributed by atoms with Gasteiger partial charge in [0, 0.05) is 25.4 Å². The highest BCUT2D eigenvalue weighted by Gasteiger charge is 2.46. The van der Waals surface area contributed by atoms with Crippen LogP contribution < -0.4 is 5.32 Å². The smallest absolute Gasteiger partial charge is 0.249 e. The molecule has 6 nitrogen and oxygen atoms in total. The molecular weight excluding hydrogens is 268 g/mol. The normalized spacial score (nSPS) is 26.1. The average Bonchev–Trinajstić information content (AvgIpc) is 2.85. The summed E-state index contributed by atoms with van der Waals surface area (Å²) >= 11 is 0. The summed E-state index contributed by atoms with van der Waals surface area (Å²) in [6.45, 7) is 6.17. The van der Waals surface area contributed by atoms with Crippen LogP contribution in [0.15, 0.2) is 12.4 Å². The molecule has 0 aliphatic carbocycles. The predicted molar refractivity (Wildman–Crippen MR) is 79.3 cm³/mol. The first-order valence-corrected chi connectivity index (χ1v) is 7.52. The quantitative estimate of drug-likeness (QED) is 0.887. The molecular formula is C15H24N4O2. The SMILES string of the molecule is CCCC1C(=O)NC(C)(CC)C(=O)N1Cc1cnn(C)c1. The van der Waals surface area contributed by atoms with Crippen LogP contribution in [0.4, 0.5) is 0 Å². The highest BCUT2D eigenvalue weighted by atomic mass is 16.2. The molecule has 116 valence electrons. The van der Waals surface area contributed by atoms with Crippen LogP contribution in [0.5, 0.6) is 0 Å². The molecule has 6 heteroatoms. The third-order valence-electron chi connectivity index (χ3n) is 4.19. The number of amides is 2. The first-order valence-electron chi connectivity index (χ1n) is 7.52. The Kier molecular flexibility index (Phi) is 4.34. The molecule has 0 bridgehead atoms. The number of hydrogen-bond acceptors (Lipinski definition) is 3. The summed E-state index contributed by atoms with van der Waals surface area (Å²) in [7, 11) is 1.84. The van der Waals surface area contributed by atoms with Crippen molar-refractivity contribution in [3.8, 4) is 0 Å². The second-order valence-corrected chi connectivity index (χ2v) is 5.93. The Bertz CT molecular complexity index is 540. The van der Waals surface area contributed by atoms with E-state index in [1.165, 1.54) is 0 Å². The average molecular weight is 292 g/mol. The molecule has 0 radical (unpaired) electrons. The van der Waals surface area contributed by atoms with Crippen molar-refractivity contribution in [3.05, 3.63) is 18.0 Å². The van der Waals surface area contributed by atoms with Crippen LogP contribution in [-0.4, -0.2) is 38.1 Å². The number of carbonyl (C=O) groups excluding carboxylic acids is 2. The summed E-state index contributed by atoms with van der Waals surface area (Å²) in [6.07, 6.45) is 5.74. The van der Waals surface area contributed by atoms with Crippen molar-refractivity contribution in [2.24, 2.45) is 7.05 Å². The number of aromatic nitrogens is 2. The predicted octanol–water partition coefficient (Wildman–Crippen LogP) is 1.22. The number of hydrogen-bond donors (Lipinski definition) is 1. The van der Waals surface area contributed by atoms with E-state index in [0.29, 0.717) is 19.4 Å². The van der Waals surface area contributed by atoms with Gasteiger partial charge in [-0.2, -0.15) is 5.10 Å². The van der Waals surface area contributed by atoms with E-state index in [1.54, 1.807) is 22.7 Å². The zero-order valence-corrected chi connectivity index (χ0v) is 13.2. The van der Waals surface area contributed by atoms with Crippen molar-refractivity contribution in [1.29, 1.82) is 0 Å². The molecule has 0 spiro atoms. The summed E-state index contributed by atoms with van der Waals surface area (Å²) in [6, 6.07) is -0.387. The molecule has 0 saturated carbocycles. The van der Waals surface area contributed by atoms with Gasteiger partial charge in [0.2, 0.25) is 11.8 Å². The fourth-order valence-corrected chi connectivity index (χ4v) is 2.74. The van der Waals surface area contributed by atoms with Crippen molar-refractivity contribution in [3.63, 3.8) is 0 Å². The minimum Gasteiger partial charge on any atom is -0.340 e. The Morgan fingerprint density at radius 2 is 2.10 bits per heavy atom. The molecule has 1 aromatic rings. The van der Waals surface area contributed by atoms with Crippen LogP contribution in [0.1, 0.15) is 45.6 Å². The topological polar surface area (TPSA) is 67.2 Å². The van der Waals surface area contributed by atoms with Gasteiger partial charge < -0.3 is 10.2 Å². The lowest BCUT2D eigenvalue weighted by molar-refractivity contribution is -0.155. The number of rotatable bonds is 5. The Labute approximate surface area is 125 Å². The van der Waals surface area contributed by atoms with Gasteiger partial charge in [-0.15, -0.1) is 0 Å². The maximum Gasteiger partial charge on any atom is 0.249 e. The van der Waals surface area contributed by atoms with Gasteiger partial charge in [-0.3, -0.25) is 14.3 Å². The van der Waals surface area contributed by atoms with Gasteiger partial charge >= 0.3 is 0 Å². The van der Waals surface area contributed by atoms with E-state index in [2.05, 4.69) is 10.4 Å². The molecule has 1 fully saturated rings. The number of aryl methyl sites for hydroxylation is 1. The molecule has 1 aliphatic rings. The number of piperazine rings is 1.